The molecule has 8 nitrogen and oxygen atoms in total. The molecule has 1 aromatic heterocycles. The molecule has 2 aliphatic heterocycles. The van der Waals surface area contributed by atoms with Gasteiger partial charge in [-0.2, -0.15) is 17.5 Å². The first-order valence-electron chi connectivity index (χ1n) is 10.3. The predicted molar refractivity (Wildman–Crippen MR) is 114 cm³/mol. The Morgan fingerprint density at radius 1 is 0.812 bits per heavy atom. The highest BCUT2D eigenvalue weighted by Gasteiger charge is 2.34. The van der Waals surface area contributed by atoms with Crippen molar-refractivity contribution in [2.75, 3.05) is 69.2 Å². The van der Waals surface area contributed by atoms with Gasteiger partial charge in [0.2, 0.25) is 10.0 Å². The first-order valence-corrected chi connectivity index (χ1v) is 11.8. The lowest BCUT2D eigenvalue weighted by Crippen LogP contribution is -2.49. The third kappa shape index (κ3) is 4.81. The number of hydrogen-bond acceptors (Lipinski definition) is 7. The maximum absolute atomic E-state index is 13.0. The van der Waals surface area contributed by atoms with Gasteiger partial charge in [0.1, 0.15) is 0 Å². The van der Waals surface area contributed by atoms with Crippen LogP contribution in [0.1, 0.15) is 5.56 Å². The van der Waals surface area contributed by atoms with E-state index < -0.39 is 21.8 Å². The fourth-order valence-corrected chi connectivity index (χ4v) is 5.30. The Hall–Kier alpha value is -2.44. The second-order valence-corrected chi connectivity index (χ2v) is 9.89. The molecule has 32 heavy (non-hydrogen) atoms. The Morgan fingerprint density at radius 3 is 1.84 bits per heavy atom. The zero-order chi connectivity index (χ0) is 22.9. The van der Waals surface area contributed by atoms with Crippen LogP contribution in [0.15, 0.2) is 41.3 Å². The molecule has 0 unspecified atom stereocenters. The average Bonchev–Trinajstić information content (AvgIpc) is 2.79. The number of piperazine rings is 2. The molecule has 2 aromatic rings. The number of benzene rings is 1. The molecule has 2 aliphatic rings. The number of halogens is 3. The van der Waals surface area contributed by atoms with Crippen molar-refractivity contribution in [1.29, 1.82) is 0 Å². The van der Waals surface area contributed by atoms with Crippen molar-refractivity contribution in [2.24, 2.45) is 0 Å². The lowest BCUT2D eigenvalue weighted by atomic mass is 10.2. The second-order valence-electron chi connectivity index (χ2n) is 7.96. The van der Waals surface area contributed by atoms with Crippen molar-refractivity contribution in [2.45, 2.75) is 11.1 Å². The molecule has 1 aromatic carbocycles. The van der Waals surface area contributed by atoms with E-state index in [1.807, 2.05) is 17.0 Å². The van der Waals surface area contributed by atoms with Crippen LogP contribution >= 0.6 is 0 Å². The van der Waals surface area contributed by atoms with Crippen LogP contribution < -0.4 is 9.80 Å². The van der Waals surface area contributed by atoms with Crippen molar-refractivity contribution in [3.05, 3.63) is 42.0 Å². The van der Waals surface area contributed by atoms with Gasteiger partial charge in [-0.15, -0.1) is 10.2 Å². The molecule has 2 saturated heterocycles. The van der Waals surface area contributed by atoms with Gasteiger partial charge in [0.15, 0.2) is 11.6 Å². The Labute approximate surface area is 185 Å². The van der Waals surface area contributed by atoms with E-state index >= 15 is 0 Å². The molecule has 2 fully saturated rings. The molecule has 0 saturated carbocycles. The fourth-order valence-electron chi connectivity index (χ4n) is 3.83. The monoisotopic (exact) mass is 470 g/mol. The average molecular weight is 471 g/mol. The second kappa shape index (κ2) is 8.83. The van der Waals surface area contributed by atoms with Gasteiger partial charge in [0.05, 0.1) is 10.5 Å². The zero-order valence-corrected chi connectivity index (χ0v) is 18.5. The first-order chi connectivity index (χ1) is 15.1. The zero-order valence-electron chi connectivity index (χ0n) is 17.7. The van der Waals surface area contributed by atoms with Gasteiger partial charge in [-0.25, -0.2) is 8.42 Å². The van der Waals surface area contributed by atoms with Crippen LogP contribution in [0, 0.1) is 0 Å². The molecule has 0 spiro atoms. The summed E-state index contributed by atoms with van der Waals surface area (Å²) in [5.74, 6) is 1.46. The lowest BCUT2D eigenvalue weighted by Gasteiger charge is -2.35. The van der Waals surface area contributed by atoms with Crippen molar-refractivity contribution in [3.63, 3.8) is 0 Å². The summed E-state index contributed by atoms with van der Waals surface area (Å²) in [7, 11) is -1.93. The number of aromatic nitrogens is 2. The number of rotatable bonds is 4. The smallest absolute Gasteiger partial charge is 0.353 e. The summed E-state index contributed by atoms with van der Waals surface area (Å²) in [6, 6.07) is 7.64. The highest BCUT2D eigenvalue weighted by atomic mass is 32.2. The van der Waals surface area contributed by atoms with E-state index in [-0.39, 0.29) is 18.0 Å². The molecule has 3 heterocycles. The third-order valence-corrected chi connectivity index (χ3v) is 7.72. The van der Waals surface area contributed by atoms with Crippen molar-refractivity contribution in [1.82, 2.24) is 19.4 Å². The number of alkyl halides is 3. The van der Waals surface area contributed by atoms with Gasteiger partial charge in [-0.1, -0.05) is 6.07 Å². The first kappa shape index (κ1) is 22.7. The fraction of sp³-hybridized carbons (Fsp3) is 0.500. The van der Waals surface area contributed by atoms with Gasteiger partial charge in [0.25, 0.3) is 0 Å². The molecule has 0 radical (unpaired) electrons. The van der Waals surface area contributed by atoms with E-state index in [1.165, 1.54) is 10.4 Å². The molecular formula is C20H25F3N6O2S. The minimum absolute atomic E-state index is 0.153. The highest BCUT2D eigenvalue weighted by molar-refractivity contribution is 7.89. The van der Waals surface area contributed by atoms with Crippen molar-refractivity contribution < 1.29 is 21.6 Å². The van der Waals surface area contributed by atoms with Crippen LogP contribution in [0.3, 0.4) is 0 Å². The van der Waals surface area contributed by atoms with Gasteiger partial charge in [-0.3, -0.25) is 0 Å². The SMILES string of the molecule is CN1CCN(c2ccc(N3CCN(S(=O)(=O)c4cccc(C(F)(F)F)c4)CC3)nn2)CC1. The molecule has 0 atom stereocenters. The number of hydrogen-bond donors (Lipinski definition) is 0. The van der Waals surface area contributed by atoms with Crippen LogP contribution in [-0.2, 0) is 16.2 Å². The Morgan fingerprint density at radius 2 is 1.34 bits per heavy atom. The van der Waals surface area contributed by atoms with E-state index in [0.717, 1.165) is 44.1 Å². The summed E-state index contributed by atoms with van der Waals surface area (Å²) in [6.45, 7) is 4.76. The number of anilines is 2. The normalized spacial score (nSPS) is 19.4. The van der Waals surface area contributed by atoms with E-state index in [0.29, 0.717) is 25.0 Å². The Balaban J connectivity index is 1.40. The summed E-state index contributed by atoms with van der Waals surface area (Å²) in [6.07, 6.45) is -4.60. The standard InChI is InChI=1S/C20H25F3N6O2S/c1-26-7-9-27(10-8-26)18-5-6-19(25-24-18)28-11-13-29(14-12-28)32(30,31)17-4-2-3-16(15-17)20(21,22)23/h2-6,15H,7-14H2,1H3. The maximum Gasteiger partial charge on any atom is 0.416 e. The summed E-state index contributed by atoms with van der Waals surface area (Å²) in [5.41, 5.74) is -0.979. The van der Waals surface area contributed by atoms with Gasteiger partial charge in [-0.05, 0) is 37.4 Å². The number of nitrogens with zero attached hydrogens (tertiary/aromatic N) is 6. The van der Waals surface area contributed by atoms with E-state index in [9.17, 15) is 21.6 Å². The Bertz CT molecular complexity index is 1030. The topological polar surface area (TPSA) is 72.9 Å². The molecular weight excluding hydrogens is 445 g/mol. The summed E-state index contributed by atoms with van der Waals surface area (Å²) >= 11 is 0. The Kier molecular flexibility index (Phi) is 6.28. The molecule has 0 amide bonds. The van der Waals surface area contributed by atoms with Crippen LogP contribution in [0.5, 0.6) is 0 Å². The summed E-state index contributed by atoms with van der Waals surface area (Å²) < 4.78 is 65.8. The van der Waals surface area contributed by atoms with E-state index in [1.54, 1.807) is 0 Å². The van der Waals surface area contributed by atoms with E-state index in [2.05, 4.69) is 27.0 Å². The summed E-state index contributed by atoms with van der Waals surface area (Å²) in [5, 5.41) is 8.64. The number of sulfonamides is 1. The van der Waals surface area contributed by atoms with Crippen molar-refractivity contribution >= 4 is 21.7 Å². The highest BCUT2D eigenvalue weighted by Crippen LogP contribution is 2.31. The van der Waals surface area contributed by atoms with Crippen LogP contribution in [0.4, 0.5) is 24.8 Å². The lowest BCUT2D eigenvalue weighted by molar-refractivity contribution is -0.137. The third-order valence-electron chi connectivity index (χ3n) is 5.83. The molecule has 0 aliphatic carbocycles. The molecule has 4 rings (SSSR count). The largest absolute Gasteiger partial charge is 0.416 e. The van der Waals surface area contributed by atoms with Crippen LogP contribution in [0.25, 0.3) is 0 Å². The molecule has 12 heteroatoms. The van der Waals surface area contributed by atoms with E-state index in [4.69, 9.17) is 0 Å². The van der Waals surface area contributed by atoms with Crippen molar-refractivity contribution in [3.8, 4) is 0 Å². The van der Waals surface area contributed by atoms with Gasteiger partial charge >= 0.3 is 6.18 Å². The van der Waals surface area contributed by atoms with Gasteiger partial charge in [0, 0.05) is 52.4 Å². The quantitative estimate of drug-likeness (QED) is 0.674. The van der Waals surface area contributed by atoms with Crippen LogP contribution in [-0.4, -0.2) is 87.2 Å². The minimum Gasteiger partial charge on any atom is -0.353 e. The predicted octanol–water partition coefficient (Wildman–Crippen LogP) is 1.76. The van der Waals surface area contributed by atoms with Gasteiger partial charge < -0.3 is 14.7 Å². The molecule has 0 bridgehead atoms. The number of likely N-dealkylation sites (N-methyl/N-ethyl adjacent to an activating group) is 1. The maximum atomic E-state index is 13.0. The van der Waals surface area contributed by atoms with Crippen LogP contribution in [0.2, 0.25) is 0 Å². The molecule has 174 valence electrons. The molecule has 0 N–H and O–H groups in total. The summed E-state index contributed by atoms with van der Waals surface area (Å²) in [4.78, 5) is 6.01. The minimum atomic E-state index is -4.60.